The summed E-state index contributed by atoms with van der Waals surface area (Å²) in [6.45, 7) is 4.98. The molecule has 10 nitrogen and oxygen atoms in total. The lowest BCUT2D eigenvalue weighted by Crippen LogP contribution is -2.47. The Hall–Kier alpha value is -2.92. The molecule has 2 aliphatic rings. The van der Waals surface area contributed by atoms with Gasteiger partial charge in [-0.25, -0.2) is 13.2 Å². The van der Waals surface area contributed by atoms with Crippen molar-refractivity contribution in [1.29, 1.82) is 0 Å². The molecule has 182 valence electrons. The maximum Gasteiger partial charge on any atom is 0.326 e. The van der Waals surface area contributed by atoms with Gasteiger partial charge in [0, 0.05) is 38.1 Å². The zero-order valence-electron chi connectivity index (χ0n) is 19.4. The van der Waals surface area contributed by atoms with Crippen LogP contribution in [0.3, 0.4) is 0 Å². The van der Waals surface area contributed by atoms with Crippen LogP contribution in [-0.4, -0.2) is 64.4 Å². The predicted octanol–water partition coefficient (Wildman–Crippen LogP) is 2.20. The van der Waals surface area contributed by atoms with Crippen molar-refractivity contribution in [2.45, 2.75) is 50.5 Å². The van der Waals surface area contributed by atoms with E-state index in [0.29, 0.717) is 57.6 Å². The third-order valence-corrected chi connectivity index (χ3v) is 9.28. The minimum Gasteiger partial charge on any atom is -0.360 e. The van der Waals surface area contributed by atoms with Gasteiger partial charge in [-0.3, -0.25) is 9.36 Å². The molecule has 0 radical (unpaired) electrons. The molecule has 1 amide bonds. The molecule has 1 N–H and O–H groups in total. The number of aryl methyl sites for hydroxylation is 2. The van der Waals surface area contributed by atoms with E-state index in [1.165, 1.54) is 4.31 Å². The Kier molecular flexibility index (Phi) is 5.85. The third-order valence-electron chi connectivity index (χ3n) is 7.13. The van der Waals surface area contributed by atoms with Gasteiger partial charge in [0.05, 0.1) is 11.0 Å². The molecule has 0 unspecified atom stereocenters. The molecule has 2 fully saturated rings. The van der Waals surface area contributed by atoms with Crippen LogP contribution in [0, 0.1) is 19.8 Å². The Bertz CT molecular complexity index is 1350. The van der Waals surface area contributed by atoms with Crippen molar-refractivity contribution < 1.29 is 17.7 Å². The van der Waals surface area contributed by atoms with Crippen molar-refractivity contribution in [3.63, 3.8) is 0 Å². The number of piperidine rings is 2. The molecule has 0 atom stereocenters. The number of nitrogens with one attached hydrogen (secondary N) is 1. The topological polar surface area (TPSA) is 122 Å². The average Bonchev–Trinajstić information content (AvgIpc) is 3.36. The number of sulfonamides is 1. The Morgan fingerprint density at radius 3 is 2.38 bits per heavy atom. The highest BCUT2D eigenvalue weighted by molar-refractivity contribution is 7.89. The highest BCUT2D eigenvalue weighted by atomic mass is 32.2. The summed E-state index contributed by atoms with van der Waals surface area (Å²) in [4.78, 5) is 30.6. The van der Waals surface area contributed by atoms with Crippen molar-refractivity contribution >= 4 is 27.0 Å². The fourth-order valence-electron chi connectivity index (χ4n) is 5.35. The summed E-state index contributed by atoms with van der Waals surface area (Å²) in [6, 6.07) is 7.70. The molecule has 4 heterocycles. The average molecular weight is 488 g/mol. The van der Waals surface area contributed by atoms with Gasteiger partial charge >= 0.3 is 5.69 Å². The lowest BCUT2D eigenvalue weighted by molar-refractivity contribution is -0.138. The Labute approximate surface area is 197 Å². The van der Waals surface area contributed by atoms with Gasteiger partial charge in [-0.15, -0.1) is 0 Å². The second-order valence-corrected chi connectivity index (χ2v) is 11.1. The molecule has 2 aromatic heterocycles. The van der Waals surface area contributed by atoms with Crippen LogP contribution in [0.4, 0.5) is 0 Å². The monoisotopic (exact) mass is 487 g/mol. The summed E-state index contributed by atoms with van der Waals surface area (Å²) in [5.74, 6) is 0.176. The van der Waals surface area contributed by atoms with Crippen LogP contribution in [0.1, 0.15) is 43.2 Å². The van der Waals surface area contributed by atoms with E-state index >= 15 is 0 Å². The minimum atomic E-state index is -3.69. The van der Waals surface area contributed by atoms with Gasteiger partial charge < -0.3 is 14.4 Å². The van der Waals surface area contributed by atoms with E-state index in [2.05, 4.69) is 10.1 Å². The number of aromatic amines is 1. The molecule has 2 saturated heterocycles. The number of para-hydroxylation sites is 2. The molecular formula is C23H29N5O5S. The fraction of sp³-hybridized carbons (Fsp3) is 0.522. The molecule has 1 aromatic carbocycles. The van der Waals surface area contributed by atoms with Crippen LogP contribution < -0.4 is 5.69 Å². The van der Waals surface area contributed by atoms with Crippen LogP contribution in [0.15, 0.2) is 38.5 Å². The highest BCUT2D eigenvalue weighted by Crippen LogP contribution is 2.30. The number of H-pyrrole nitrogens is 1. The summed E-state index contributed by atoms with van der Waals surface area (Å²) in [5.41, 5.74) is 1.96. The molecule has 3 aromatic rings. The van der Waals surface area contributed by atoms with Crippen LogP contribution in [0.2, 0.25) is 0 Å². The number of aromatic nitrogens is 3. The van der Waals surface area contributed by atoms with Crippen LogP contribution in [0.25, 0.3) is 11.0 Å². The van der Waals surface area contributed by atoms with E-state index in [1.807, 2.05) is 33.7 Å². The molecular weight excluding hydrogens is 458 g/mol. The lowest BCUT2D eigenvalue weighted by atomic mass is 9.94. The first-order chi connectivity index (χ1) is 16.3. The molecule has 34 heavy (non-hydrogen) atoms. The predicted molar refractivity (Wildman–Crippen MR) is 125 cm³/mol. The first-order valence-electron chi connectivity index (χ1n) is 11.7. The van der Waals surface area contributed by atoms with Gasteiger partial charge in [0.2, 0.25) is 15.9 Å². The van der Waals surface area contributed by atoms with Crippen LogP contribution >= 0.6 is 0 Å². The van der Waals surface area contributed by atoms with E-state index in [-0.39, 0.29) is 34.2 Å². The van der Waals surface area contributed by atoms with E-state index in [1.54, 1.807) is 13.8 Å². The van der Waals surface area contributed by atoms with Gasteiger partial charge in [0.25, 0.3) is 0 Å². The number of imidazole rings is 1. The quantitative estimate of drug-likeness (QED) is 0.602. The Morgan fingerprint density at radius 1 is 1.06 bits per heavy atom. The second-order valence-electron chi connectivity index (χ2n) is 9.21. The first kappa shape index (κ1) is 22.9. The number of carbonyl (C=O) groups is 1. The van der Waals surface area contributed by atoms with Crippen LogP contribution in [0.5, 0.6) is 0 Å². The van der Waals surface area contributed by atoms with Gasteiger partial charge in [-0.05, 0) is 51.7 Å². The van der Waals surface area contributed by atoms with E-state index in [4.69, 9.17) is 4.52 Å². The standard InChI is InChI=1S/C23H29N5O5S/c1-15-21(16(2)33-25-15)34(31,32)27-13-7-17(8-14-27)22(29)26-11-9-18(10-12-26)28-20-6-4-3-5-19(20)24-23(28)30/h3-6,17-18H,7-14H2,1-2H3,(H,24,30). The SMILES string of the molecule is Cc1noc(C)c1S(=O)(=O)N1CCC(C(=O)N2CCC(n3c(=O)[nH]c4ccccc43)CC2)CC1. The zero-order valence-corrected chi connectivity index (χ0v) is 20.2. The first-order valence-corrected chi connectivity index (χ1v) is 13.1. The number of rotatable bonds is 4. The Balaban J connectivity index is 1.20. The molecule has 11 heteroatoms. The normalized spacial score (nSPS) is 19.2. The number of likely N-dealkylation sites (tertiary alicyclic amines) is 1. The van der Waals surface area contributed by atoms with E-state index in [0.717, 1.165) is 11.0 Å². The smallest absolute Gasteiger partial charge is 0.326 e. The lowest BCUT2D eigenvalue weighted by Gasteiger charge is -2.37. The van der Waals surface area contributed by atoms with Gasteiger partial charge in [0.1, 0.15) is 10.6 Å². The van der Waals surface area contributed by atoms with Crippen molar-refractivity contribution in [3.05, 3.63) is 46.2 Å². The largest absolute Gasteiger partial charge is 0.360 e. The van der Waals surface area contributed by atoms with Gasteiger partial charge in [-0.2, -0.15) is 4.31 Å². The molecule has 5 rings (SSSR count). The van der Waals surface area contributed by atoms with Gasteiger partial charge in [0.15, 0.2) is 5.76 Å². The zero-order chi connectivity index (χ0) is 24.0. The fourth-order valence-corrected chi connectivity index (χ4v) is 7.12. The maximum absolute atomic E-state index is 13.2. The maximum atomic E-state index is 13.2. The van der Waals surface area contributed by atoms with Crippen molar-refractivity contribution in [2.24, 2.45) is 5.92 Å². The van der Waals surface area contributed by atoms with E-state index < -0.39 is 10.0 Å². The number of nitrogens with zero attached hydrogens (tertiary/aromatic N) is 4. The third kappa shape index (κ3) is 3.86. The molecule has 0 aliphatic carbocycles. The van der Waals surface area contributed by atoms with Gasteiger partial charge in [-0.1, -0.05) is 17.3 Å². The van der Waals surface area contributed by atoms with Crippen molar-refractivity contribution in [1.82, 2.24) is 23.9 Å². The number of hydrogen-bond donors (Lipinski definition) is 1. The minimum absolute atomic E-state index is 0.0507. The number of carbonyl (C=O) groups excluding carboxylic acids is 1. The van der Waals surface area contributed by atoms with E-state index in [9.17, 15) is 18.0 Å². The number of benzene rings is 1. The molecule has 2 aliphatic heterocycles. The number of hydrogen-bond acceptors (Lipinski definition) is 6. The highest BCUT2D eigenvalue weighted by Gasteiger charge is 2.37. The Morgan fingerprint density at radius 2 is 1.74 bits per heavy atom. The van der Waals surface area contributed by atoms with Crippen molar-refractivity contribution in [3.8, 4) is 0 Å². The summed E-state index contributed by atoms with van der Waals surface area (Å²) < 4.78 is 34.4. The second kappa shape index (κ2) is 8.70. The summed E-state index contributed by atoms with van der Waals surface area (Å²) in [7, 11) is -3.69. The molecule has 0 bridgehead atoms. The van der Waals surface area contributed by atoms with Crippen LogP contribution in [-0.2, 0) is 14.8 Å². The summed E-state index contributed by atoms with van der Waals surface area (Å²) >= 11 is 0. The summed E-state index contributed by atoms with van der Waals surface area (Å²) in [6.07, 6.45) is 2.41. The molecule has 0 saturated carbocycles. The number of fused-ring (bicyclic) bond motifs is 1. The number of amides is 1. The summed E-state index contributed by atoms with van der Waals surface area (Å²) in [5, 5.41) is 3.76. The molecule has 0 spiro atoms. The van der Waals surface area contributed by atoms with Crippen molar-refractivity contribution in [2.75, 3.05) is 26.2 Å².